The van der Waals surface area contributed by atoms with Crippen LogP contribution in [0, 0.1) is 5.41 Å². The van der Waals surface area contributed by atoms with E-state index in [4.69, 9.17) is 0 Å². The summed E-state index contributed by atoms with van der Waals surface area (Å²) in [6.45, 7) is 9.19. The topological polar surface area (TPSA) is 35.5 Å². The number of hydrogen-bond acceptors (Lipinski definition) is 3. The van der Waals surface area contributed by atoms with Gasteiger partial charge >= 0.3 is 0 Å². The van der Waals surface area contributed by atoms with Gasteiger partial charge in [0, 0.05) is 25.0 Å². The number of piperidine rings is 1. The van der Waals surface area contributed by atoms with Gasteiger partial charge in [0.1, 0.15) is 0 Å². The number of β-amino-alcohol motifs (C(OH)–C–C–N with tert-alkyl or cyclic N) is 1. The summed E-state index contributed by atoms with van der Waals surface area (Å²) < 4.78 is 0. The third-order valence-electron chi connectivity index (χ3n) is 5.57. The van der Waals surface area contributed by atoms with Crippen LogP contribution < -0.4 is 5.32 Å². The van der Waals surface area contributed by atoms with Crippen molar-refractivity contribution in [1.29, 1.82) is 0 Å². The number of aliphatic hydroxyl groups is 1. The second-order valence-corrected chi connectivity index (χ2v) is 7.47. The number of nitrogens with zero attached hydrogens (tertiary/aromatic N) is 1. The molecule has 2 fully saturated rings. The molecule has 1 aromatic carbocycles. The molecule has 3 rings (SSSR count). The Balaban J connectivity index is 1.64. The number of likely N-dealkylation sites (tertiary alicyclic amines) is 1. The Morgan fingerprint density at radius 2 is 2.05 bits per heavy atom. The minimum absolute atomic E-state index is 0.0594. The molecule has 2 heterocycles. The summed E-state index contributed by atoms with van der Waals surface area (Å²) in [4.78, 5) is 2.46. The molecule has 3 nitrogen and oxygen atoms in total. The zero-order valence-corrected chi connectivity index (χ0v) is 13.3. The summed E-state index contributed by atoms with van der Waals surface area (Å²) in [6.07, 6.45) is 2.06. The standard InChI is InChI=1S/C18H28N2O/c1-17(2)13-19-10-9-18(17,21)14-20-11-8-16(12-20)15-6-4-3-5-7-15/h3-7,16,19,21H,8-14H2,1-2H3/t16-,18?/m0/s1. The maximum atomic E-state index is 11.1. The van der Waals surface area contributed by atoms with Gasteiger partial charge in [-0.3, -0.25) is 4.90 Å². The molecule has 3 heteroatoms. The van der Waals surface area contributed by atoms with Crippen molar-refractivity contribution in [2.24, 2.45) is 5.41 Å². The smallest absolute Gasteiger partial charge is 0.0848 e. The quantitative estimate of drug-likeness (QED) is 0.895. The van der Waals surface area contributed by atoms with Gasteiger partial charge in [0.25, 0.3) is 0 Å². The van der Waals surface area contributed by atoms with Crippen LogP contribution in [-0.2, 0) is 0 Å². The molecule has 0 spiro atoms. The number of rotatable bonds is 3. The Hall–Kier alpha value is -0.900. The summed E-state index contributed by atoms with van der Waals surface area (Å²) in [5.74, 6) is 0.625. The fraction of sp³-hybridized carbons (Fsp3) is 0.667. The second-order valence-electron chi connectivity index (χ2n) is 7.47. The average molecular weight is 288 g/mol. The highest BCUT2D eigenvalue weighted by Crippen LogP contribution is 2.38. The van der Waals surface area contributed by atoms with Crippen LogP contribution in [-0.4, -0.2) is 48.3 Å². The second kappa shape index (κ2) is 5.71. The first-order valence-corrected chi connectivity index (χ1v) is 8.21. The highest BCUT2D eigenvalue weighted by atomic mass is 16.3. The van der Waals surface area contributed by atoms with E-state index in [0.29, 0.717) is 5.92 Å². The van der Waals surface area contributed by atoms with Gasteiger partial charge in [-0.05, 0) is 37.4 Å². The predicted molar refractivity (Wildman–Crippen MR) is 86.5 cm³/mol. The fourth-order valence-electron chi connectivity index (χ4n) is 3.84. The van der Waals surface area contributed by atoms with E-state index in [-0.39, 0.29) is 5.41 Å². The molecule has 2 atom stereocenters. The minimum Gasteiger partial charge on any atom is -0.388 e. The van der Waals surface area contributed by atoms with E-state index in [0.717, 1.165) is 39.1 Å². The molecule has 0 aliphatic carbocycles. The molecule has 2 aliphatic heterocycles. The summed E-state index contributed by atoms with van der Waals surface area (Å²) >= 11 is 0. The summed E-state index contributed by atoms with van der Waals surface area (Å²) in [5.41, 5.74) is 0.816. The number of hydrogen-bond donors (Lipinski definition) is 2. The largest absolute Gasteiger partial charge is 0.388 e. The van der Waals surface area contributed by atoms with Crippen molar-refractivity contribution in [2.75, 3.05) is 32.7 Å². The molecule has 0 amide bonds. The molecule has 2 saturated heterocycles. The van der Waals surface area contributed by atoms with Crippen molar-refractivity contribution in [2.45, 2.75) is 38.2 Å². The predicted octanol–water partition coefficient (Wildman–Crippen LogP) is 2.23. The number of benzene rings is 1. The Labute approximate surface area is 128 Å². The van der Waals surface area contributed by atoms with E-state index in [9.17, 15) is 5.11 Å². The maximum Gasteiger partial charge on any atom is 0.0848 e. The zero-order valence-electron chi connectivity index (χ0n) is 13.3. The van der Waals surface area contributed by atoms with Crippen LogP contribution in [0.1, 0.15) is 38.2 Å². The van der Waals surface area contributed by atoms with Crippen LogP contribution in [0.25, 0.3) is 0 Å². The Morgan fingerprint density at radius 3 is 2.76 bits per heavy atom. The third-order valence-corrected chi connectivity index (χ3v) is 5.57. The van der Waals surface area contributed by atoms with Crippen LogP contribution >= 0.6 is 0 Å². The van der Waals surface area contributed by atoms with Gasteiger partial charge < -0.3 is 10.4 Å². The van der Waals surface area contributed by atoms with Crippen LogP contribution in [0.4, 0.5) is 0 Å². The van der Waals surface area contributed by atoms with E-state index >= 15 is 0 Å². The first-order chi connectivity index (χ1) is 10.0. The van der Waals surface area contributed by atoms with E-state index in [1.807, 2.05) is 0 Å². The van der Waals surface area contributed by atoms with Gasteiger partial charge in [-0.1, -0.05) is 44.2 Å². The Morgan fingerprint density at radius 1 is 1.29 bits per heavy atom. The van der Waals surface area contributed by atoms with Gasteiger partial charge in [-0.2, -0.15) is 0 Å². The lowest BCUT2D eigenvalue weighted by Gasteiger charge is -2.48. The van der Waals surface area contributed by atoms with Gasteiger partial charge in [-0.15, -0.1) is 0 Å². The van der Waals surface area contributed by atoms with Gasteiger partial charge in [0.15, 0.2) is 0 Å². The van der Waals surface area contributed by atoms with Crippen LogP contribution in [0.3, 0.4) is 0 Å². The molecule has 0 aromatic heterocycles. The van der Waals surface area contributed by atoms with Crippen molar-refractivity contribution in [1.82, 2.24) is 10.2 Å². The molecule has 1 aromatic rings. The molecule has 116 valence electrons. The monoisotopic (exact) mass is 288 g/mol. The molecule has 0 bridgehead atoms. The number of nitrogens with one attached hydrogen (secondary N) is 1. The van der Waals surface area contributed by atoms with E-state index < -0.39 is 5.60 Å². The van der Waals surface area contributed by atoms with Crippen LogP contribution in [0.5, 0.6) is 0 Å². The molecule has 2 N–H and O–H groups in total. The van der Waals surface area contributed by atoms with E-state index in [1.165, 1.54) is 12.0 Å². The molecule has 1 unspecified atom stereocenters. The molecular formula is C18H28N2O. The molecule has 0 radical (unpaired) electrons. The lowest BCUT2D eigenvalue weighted by atomic mass is 9.70. The third kappa shape index (κ3) is 3.01. The minimum atomic E-state index is -0.566. The molecule has 21 heavy (non-hydrogen) atoms. The fourth-order valence-corrected chi connectivity index (χ4v) is 3.84. The highest BCUT2D eigenvalue weighted by molar-refractivity contribution is 5.21. The maximum absolute atomic E-state index is 11.1. The highest BCUT2D eigenvalue weighted by Gasteiger charge is 2.46. The van der Waals surface area contributed by atoms with Crippen molar-refractivity contribution < 1.29 is 5.11 Å². The van der Waals surface area contributed by atoms with Crippen molar-refractivity contribution in [3.05, 3.63) is 35.9 Å². The summed E-state index contributed by atoms with van der Waals surface area (Å²) in [7, 11) is 0. The van der Waals surface area contributed by atoms with Gasteiger partial charge in [0.2, 0.25) is 0 Å². The van der Waals surface area contributed by atoms with Crippen molar-refractivity contribution in [3.8, 4) is 0 Å². The van der Waals surface area contributed by atoms with Crippen molar-refractivity contribution in [3.63, 3.8) is 0 Å². The lowest BCUT2D eigenvalue weighted by molar-refractivity contribution is -0.103. The summed E-state index contributed by atoms with van der Waals surface area (Å²) in [6, 6.07) is 10.8. The zero-order chi connectivity index (χ0) is 14.9. The molecule has 0 saturated carbocycles. The Kier molecular flexibility index (Phi) is 4.08. The van der Waals surface area contributed by atoms with Gasteiger partial charge in [0.05, 0.1) is 5.60 Å². The first kappa shape index (κ1) is 15.0. The summed E-state index contributed by atoms with van der Waals surface area (Å²) in [5, 5.41) is 14.5. The first-order valence-electron chi connectivity index (χ1n) is 8.21. The van der Waals surface area contributed by atoms with Gasteiger partial charge in [-0.25, -0.2) is 0 Å². The van der Waals surface area contributed by atoms with Crippen molar-refractivity contribution >= 4 is 0 Å². The SMILES string of the molecule is CC1(C)CNCCC1(O)CN1CC[C@H](c2ccccc2)C1. The normalized spacial score (nSPS) is 33.2. The Bertz CT molecular complexity index is 473. The van der Waals surface area contributed by atoms with Crippen LogP contribution in [0.15, 0.2) is 30.3 Å². The molecular weight excluding hydrogens is 260 g/mol. The van der Waals surface area contributed by atoms with Crippen LogP contribution in [0.2, 0.25) is 0 Å². The van der Waals surface area contributed by atoms with E-state index in [2.05, 4.69) is 54.4 Å². The van der Waals surface area contributed by atoms with E-state index in [1.54, 1.807) is 0 Å². The molecule has 2 aliphatic rings. The average Bonchev–Trinajstić information content (AvgIpc) is 2.92. The lowest BCUT2D eigenvalue weighted by Crippen LogP contribution is -2.60.